The summed E-state index contributed by atoms with van der Waals surface area (Å²) >= 11 is 9.44. The zero-order valence-electron chi connectivity index (χ0n) is 17.2. The molecule has 7 nitrogen and oxygen atoms in total. The lowest BCUT2D eigenvalue weighted by atomic mass is 10.2. The first-order valence-corrected chi connectivity index (χ1v) is 12.3. The highest BCUT2D eigenvalue weighted by molar-refractivity contribution is 9.10. The van der Waals surface area contributed by atoms with Crippen LogP contribution in [0.2, 0.25) is 5.02 Å². The van der Waals surface area contributed by atoms with Crippen molar-refractivity contribution in [1.29, 1.82) is 0 Å². The Morgan fingerprint density at radius 3 is 2.34 bits per heavy atom. The first-order valence-electron chi connectivity index (χ1n) is 9.31. The topological polar surface area (TPSA) is 84.9 Å². The van der Waals surface area contributed by atoms with E-state index in [4.69, 9.17) is 21.1 Å². The number of hydrogen-bond donors (Lipinski definition) is 1. The summed E-state index contributed by atoms with van der Waals surface area (Å²) in [5, 5.41) is 3.06. The van der Waals surface area contributed by atoms with Crippen LogP contribution in [0.3, 0.4) is 0 Å². The second kappa shape index (κ2) is 10.2. The highest BCUT2D eigenvalue weighted by atomic mass is 79.9. The highest BCUT2D eigenvalue weighted by Crippen LogP contribution is 2.36. The number of para-hydroxylation sites is 3. The summed E-state index contributed by atoms with van der Waals surface area (Å²) in [6.07, 6.45) is 1.04. The molecule has 0 saturated heterocycles. The molecule has 0 bridgehead atoms. The third kappa shape index (κ3) is 5.93. The Morgan fingerprint density at radius 1 is 1.03 bits per heavy atom. The van der Waals surface area contributed by atoms with Gasteiger partial charge in [0.05, 0.1) is 24.7 Å². The summed E-state index contributed by atoms with van der Waals surface area (Å²) in [7, 11) is -2.21. The maximum atomic E-state index is 12.8. The molecule has 1 amide bonds. The minimum absolute atomic E-state index is 0.286. The third-order valence-electron chi connectivity index (χ3n) is 4.31. The molecule has 0 radical (unpaired) electrons. The van der Waals surface area contributed by atoms with Crippen molar-refractivity contribution in [2.75, 3.05) is 29.5 Å². The Kier molecular flexibility index (Phi) is 7.65. The number of sulfonamides is 1. The van der Waals surface area contributed by atoms with E-state index in [0.717, 1.165) is 10.6 Å². The van der Waals surface area contributed by atoms with Gasteiger partial charge in [0.15, 0.2) is 17.2 Å². The van der Waals surface area contributed by atoms with E-state index in [2.05, 4.69) is 21.2 Å². The van der Waals surface area contributed by atoms with Crippen molar-refractivity contribution in [3.63, 3.8) is 0 Å². The maximum Gasteiger partial charge on any atom is 0.245 e. The zero-order valence-corrected chi connectivity index (χ0v) is 20.4. The molecule has 3 aromatic carbocycles. The largest absolute Gasteiger partial charge is 0.493 e. The molecule has 32 heavy (non-hydrogen) atoms. The summed E-state index contributed by atoms with van der Waals surface area (Å²) in [6, 6.07) is 18.5. The molecular weight excluding hydrogens is 520 g/mol. The van der Waals surface area contributed by atoms with Gasteiger partial charge in [0.1, 0.15) is 6.54 Å². The normalized spacial score (nSPS) is 11.0. The Hall–Kier alpha value is -2.75. The molecule has 0 spiro atoms. The Morgan fingerprint density at radius 2 is 1.69 bits per heavy atom. The van der Waals surface area contributed by atoms with E-state index < -0.39 is 22.5 Å². The van der Waals surface area contributed by atoms with Crippen molar-refractivity contribution in [3.05, 3.63) is 76.2 Å². The summed E-state index contributed by atoms with van der Waals surface area (Å²) in [4.78, 5) is 12.8. The number of amides is 1. The molecule has 0 fully saturated rings. The van der Waals surface area contributed by atoms with Crippen molar-refractivity contribution in [1.82, 2.24) is 0 Å². The van der Waals surface area contributed by atoms with Crippen LogP contribution in [0.15, 0.2) is 71.2 Å². The third-order valence-corrected chi connectivity index (χ3v) is 6.35. The molecule has 0 aromatic heterocycles. The first-order chi connectivity index (χ1) is 15.2. The van der Waals surface area contributed by atoms with Gasteiger partial charge in [0.2, 0.25) is 15.9 Å². The monoisotopic (exact) mass is 538 g/mol. The number of methoxy groups -OCH3 is 1. The number of benzene rings is 3. The summed E-state index contributed by atoms with van der Waals surface area (Å²) in [5.41, 5.74) is 0.635. The van der Waals surface area contributed by atoms with Gasteiger partial charge in [-0.2, -0.15) is 0 Å². The maximum absolute atomic E-state index is 12.8. The van der Waals surface area contributed by atoms with Crippen LogP contribution in [0.5, 0.6) is 17.2 Å². The van der Waals surface area contributed by atoms with Crippen molar-refractivity contribution in [3.8, 4) is 17.2 Å². The van der Waals surface area contributed by atoms with Gasteiger partial charge in [0.25, 0.3) is 0 Å². The fourth-order valence-corrected chi connectivity index (χ4v) is 4.52. The van der Waals surface area contributed by atoms with E-state index in [1.54, 1.807) is 60.7 Å². The minimum atomic E-state index is -3.73. The lowest BCUT2D eigenvalue weighted by Crippen LogP contribution is -2.37. The summed E-state index contributed by atoms with van der Waals surface area (Å²) < 4.78 is 37.5. The molecule has 0 saturated carbocycles. The number of halogens is 2. The average Bonchev–Trinajstić information content (AvgIpc) is 2.74. The van der Waals surface area contributed by atoms with E-state index in [0.29, 0.717) is 32.4 Å². The van der Waals surface area contributed by atoms with Gasteiger partial charge in [0, 0.05) is 9.50 Å². The van der Waals surface area contributed by atoms with Crippen LogP contribution < -0.4 is 19.1 Å². The van der Waals surface area contributed by atoms with Crippen LogP contribution in [-0.2, 0) is 14.8 Å². The average molecular weight is 540 g/mol. The molecule has 168 valence electrons. The number of anilines is 2. The van der Waals surface area contributed by atoms with Gasteiger partial charge in [-0.25, -0.2) is 8.42 Å². The lowest BCUT2D eigenvalue weighted by Gasteiger charge is -2.23. The van der Waals surface area contributed by atoms with Gasteiger partial charge in [-0.1, -0.05) is 35.9 Å². The van der Waals surface area contributed by atoms with Crippen LogP contribution in [0, 0.1) is 0 Å². The number of rotatable bonds is 8. The van der Waals surface area contributed by atoms with Crippen LogP contribution in [0.25, 0.3) is 0 Å². The molecule has 0 aliphatic carbocycles. The highest BCUT2D eigenvalue weighted by Gasteiger charge is 2.23. The number of ether oxygens (including phenoxy) is 2. The second-order valence-electron chi connectivity index (χ2n) is 6.66. The Bertz CT molecular complexity index is 1240. The van der Waals surface area contributed by atoms with Crippen LogP contribution in [-0.4, -0.2) is 34.2 Å². The van der Waals surface area contributed by atoms with Crippen molar-refractivity contribution in [2.24, 2.45) is 0 Å². The number of carbonyl (C=O) groups is 1. The summed E-state index contributed by atoms with van der Waals surface area (Å²) in [6.45, 7) is -0.442. The Balaban J connectivity index is 1.87. The van der Waals surface area contributed by atoms with Gasteiger partial charge >= 0.3 is 0 Å². The van der Waals surface area contributed by atoms with Crippen molar-refractivity contribution < 1.29 is 22.7 Å². The SMILES string of the molecule is COc1ccccc1Oc1ccc(Cl)cc1NC(=O)CN(c1ccccc1Br)S(C)(=O)=O. The van der Waals surface area contributed by atoms with Gasteiger partial charge in [-0.05, 0) is 58.4 Å². The lowest BCUT2D eigenvalue weighted by molar-refractivity contribution is -0.114. The molecule has 10 heteroatoms. The fraction of sp³-hybridized carbons (Fsp3) is 0.136. The Labute approximate surface area is 200 Å². The smallest absolute Gasteiger partial charge is 0.245 e. The molecule has 3 aromatic rings. The summed E-state index contributed by atoms with van der Waals surface area (Å²) in [5.74, 6) is 0.702. The minimum Gasteiger partial charge on any atom is -0.493 e. The molecule has 1 N–H and O–H groups in total. The first kappa shape index (κ1) is 23.9. The second-order valence-corrected chi connectivity index (χ2v) is 9.86. The van der Waals surface area contributed by atoms with Crippen LogP contribution >= 0.6 is 27.5 Å². The number of carbonyl (C=O) groups excluding carboxylic acids is 1. The quantitative estimate of drug-likeness (QED) is 0.419. The van der Waals surface area contributed by atoms with E-state index in [9.17, 15) is 13.2 Å². The standard InChI is InChI=1S/C22H20BrClN2O5S/c1-30-20-9-5-6-10-21(20)31-19-12-11-15(24)13-17(19)25-22(27)14-26(32(2,28)29)18-8-4-3-7-16(18)23/h3-13H,14H2,1-2H3,(H,25,27). The number of nitrogens with zero attached hydrogens (tertiary/aromatic N) is 1. The van der Waals surface area contributed by atoms with E-state index in [1.165, 1.54) is 13.2 Å². The molecule has 0 aliphatic rings. The molecular formula is C22H20BrClN2O5S. The van der Waals surface area contributed by atoms with Crippen LogP contribution in [0.1, 0.15) is 0 Å². The van der Waals surface area contributed by atoms with E-state index >= 15 is 0 Å². The van der Waals surface area contributed by atoms with Crippen LogP contribution in [0.4, 0.5) is 11.4 Å². The van der Waals surface area contributed by atoms with Gasteiger partial charge < -0.3 is 14.8 Å². The number of nitrogens with one attached hydrogen (secondary N) is 1. The predicted molar refractivity (Wildman–Crippen MR) is 129 cm³/mol. The molecule has 0 heterocycles. The predicted octanol–water partition coefficient (Wildman–Crippen LogP) is 5.31. The zero-order chi connectivity index (χ0) is 23.3. The molecule has 3 rings (SSSR count). The molecule has 0 aliphatic heterocycles. The van der Waals surface area contributed by atoms with Gasteiger partial charge in [-0.3, -0.25) is 9.10 Å². The molecule has 0 unspecified atom stereocenters. The fourth-order valence-electron chi connectivity index (χ4n) is 2.87. The van der Waals surface area contributed by atoms with E-state index in [1.807, 2.05) is 0 Å². The van der Waals surface area contributed by atoms with E-state index in [-0.39, 0.29) is 5.69 Å². The number of hydrogen-bond acceptors (Lipinski definition) is 5. The van der Waals surface area contributed by atoms with Crippen molar-refractivity contribution >= 4 is 54.8 Å². The van der Waals surface area contributed by atoms with Gasteiger partial charge in [-0.15, -0.1) is 0 Å². The molecule has 0 atom stereocenters. The van der Waals surface area contributed by atoms with Crippen molar-refractivity contribution in [2.45, 2.75) is 0 Å².